The minimum Gasteiger partial charge on any atom is -0.494 e. The van der Waals surface area contributed by atoms with Gasteiger partial charge in [-0.15, -0.1) is 0 Å². The molecule has 228 valence electrons. The van der Waals surface area contributed by atoms with Crippen molar-refractivity contribution in [2.75, 3.05) is 40.8 Å². The molecule has 41 heavy (non-hydrogen) atoms. The van der Waals surface area contributed by atoms with Crippen LogP contribution in [0, 0.1) is 34.5 Å². The second-order valence-electron chi connectivity index (χ2n) is 13.9. The number of hydrogen-bond acceptors (Lipinski definition) is 7. The van der Waals surface area contributed by atoms with Crippen molar-refractivity contribution in [2.45, 2.75) is 95.9 Å². The number of rotatable bonds is 9. The number of fused-ring (bicyclic) bond motifs is 5. The van der Waals surface area contributed by atoms with Crippen LogP contribution in [0.4, 0.5) is 0 Å². The molecule has 0 radical (unpaired) electrons. The second-order valence-corrected chi connectivity index (χ2v) is 13.9. The Hall–Kier alpha value is -1.67. The smallest absolute Gasteiger partial charge is 0.305 e. The van der Waals surface area contributed by atoms with E-state index in [1.54, 1.807) is 7.11 Å². The molecule has 1 spiro atoms. The number of carbonyl (C=O) groups excluding carboxylic acids is 1. The van der Waals surface area contributed by atoms with E-state index in [0.29, 0.717) is 61.2 Å². The Bertz CT molecular complexity index is 1050. The third-order valence-corrected chi connectivity index (χ3v) is 12.2. The van der Waals surface area contributed by atoms with E-state index in [9.17, 15) is 4.79 Å². The lowest BCUT2D eigenvalue weighted by Crippen LogP contribution is -2.58. The highest BCUT2D eigenvalue weighted by molar-refractivity contribution is 5.69. The fraction of sp³-hybridized carbons (Fsp3) is 0.794. The van der Waals surface area contributed by atoms with Crippen molar-refractivity contribution < 1.29 is 33.2 Å². The summed E-state index contributed by atoms with van der Waals surface area (Å²) in [7, 11) is 3.15. The number of methoxy groups -OCH3 is 2. The average molecular weight is 571 g/mol. The van der Waals surface area contributed by atoms with Crippen molar-refractivity contribution in [3.05, 3.63) is 29.8 Å². The summed E-state index contributed by atoms with van der Waals surface area (Å²) in [6.45, 7) is 7.46. The highest BCUT2D eigenvalue weighted by Crippen LogP contribution is 2.70. The Labute approximate surface area is 245 Å². The van der Waals surface area contributed by atoms with Gasteiger partial charge in [0.15, 0.2) is 5.79 Å². The summed E-state index contributed by atoms with van der Waals surface area (Å²) in [5.41, 5.74) is 1.94. The Morgan fingerprint density at radius 3 is 2.44 bits per heavy atom. The standard InChI is InChI=1S/C34H50O7/c1-32-15-16-34(40-18-19-41-34)21-24(32)20-26(23-7-9-25(10-8-23)38-17-5-6-30(35)37-4)31-27-11-12-29(39-22-36-3)33(27,2)14-13-28(31)32/h7-10,24,26-29,31H,5-6,11-22H2,1-4H3/t24-,26-,27-,28-,29-,31-,32-,33-/m0/s1. The largest absolute Gasteiger partial charge is 0.494 e. The SMILES string of the molecule is COCO[C@H]1CC[C@H]2[C@@H]3[C@H](c4ccc(OCCCC(=O)OC)cc4)C[C@H]4CC5(CC[C@]4(C)[C@H]3CC[C@]12C)OCCO5. The molecule has 0 amide bonds. The van der Waals surface area contributed by atoms with Gasteiger partial charge >= 0.3 is 5.97 Å². The number of esters is 1. The third kappa shape index (κ3) is 5.34. The fourth-order valence-corrected chi connectivity index (χ4v) is 10.0. The molecular formula is C34H50O7. The zero-order valence-corrected chi connectivity index (χ0v) is 25.5. The Morgan fingerprint density at radius 1 is 0.951 bits per heavy atom. The number of carbonyl (C=O) groups is 1. The van der Waals surface area contributed by atoms with Gasteiger partial charge in [0.25, 0.3) is 0 Å². The van der Waals surface area contributed by atoms with Crippen LogP contribution in [0.1, 0.15) is 89.5 Å². The normalized spacial score (nSPS) is 39.1. The maximum absolute atomic E-state index is 11.4. The molecular weight excluding hydrogens is 520 g/mol. The summed E-state index contributed by atoms with van der Waals surface area (Å²) >= 11 is 0. The van der Waals surface area contributed by atoms with Crippen LogP contribution >= 0.6 is 0 Å². The summed E-state index contributed by atoms with van der Waals surface area (Å²) in [6.07, 6.45) is 10.6. The molecule has 6 rings (SSSR count). The molecule has 0 N–H and O–H groups in total. The fourth-order valence-electron chi connectivity index (χ4n) is 10.0. The molecule has 1 aliphatic heterocycles. The number of ether oxygens (including phenoxy) is 6. The van der Waals surface area contributed by atoms with Crippen LogP contribution in [0.25, 0.3) is 0 Å². The zero-order chi connectivity index (χ0) is 28.7. The lowest BCUT2D eigenvalue weighted by Gasteiger charge is -2.64. The predicted molar refractivity (Wildman–Crippen MR) is 154 cm³/mol. The summed E-state index contributed by atoms with van der Waals surface area (Å²) in [4.78, 5) is 11.4. The van der Waals surface area contributed by atoms with Gasteiger partial charge in [0, 0.05) is 26.4 Å². The monoisotopic (exact) mass is 570 g/mol. The van der Waals surface area contributed by atoms with Gasteiger partial charge in [-0.1, -0.05) is 26.0 Å². The van der Waals surface area contributed by atoms with Gasteiger partial charge in [0.2, 0.25) is 0 Å². The zero-order valence-electron chi connectivity index (χ0n) is 25.5. The van der Waals surface area contributed by atoms with Gasteiger partial charge < -0.3 is 28.4 Å². The molecule has 7 heteroatoms. The molecule has 0 unspecified atom stereocenters. The quantitative estimate of drug-likeness (QED) is 0.191. The summed E-state index contributed by atoms with van der Waals surface area (Å²) in [5.74, 6) is 3.37. The van der Waals surface area contributed by atoms with Gasteiger partial charge in [-0.05, 0) is 103 Å². The first-order chi connectivity index (χ1) is 19.8. The molecule has 1 aromatic rings. The highest BCUT2D eigenvalue weighted by Gasteiger charge is 2.64. The Kier molecular flexibility index (Phi) is 8.45. The highest BCUT2D eigenvalue weighted by atomic mass is 16.7. The van der Waals surface area contributed by atoms with E-state index in [1.807, 2.05) is 0 Å². The van der Waals surface area contributed by atoms with E-state index in [0.717, 1.165) is 38.2 Å². The molecule has 7 nitrogen and oxygen atoms in total. The van der Waals surface area contributed by atoms with Crippen LogP contribution in [-0.2, 0) is 28.5 Å². The second kappa shape index (κ2) is 11.8. The predicted octanol–water partition coefficient (Wildman–Crippen LogP) is 6.49. The molecule has 0 aromatic heterocycles. The van der Waals surface area contributed by atoms with E-state index >= 15 is 0 Å². The van der Waals surface area contributed by atoms with Gasteiger partial charge in [0.05, 0.1) is 33.0 Å². The number of benzene rings is 1. The van der Waals surface area contributed by atoms with Crippen molar-refractivity contribution in [1.29, 1.82) is 0 Å². The van der Waals surface area contributed by atoms with E-state index in [-0.39, 0.29) is 23.3 Å². The molecule has 5 fully saturated rings. The lowest BCUT2D eigenvalue weighted by molar-refractivity contribution is -0.234. The van der Waals surface area contributed by atoms with Gasteiger partial charge in [-0.2, -0.15) is 0 Å². The maximum Gasteiger partial charge on any atom is 0.305 e. The molecule has 1 heterocycles. The van der Waals surface area contributed by atoms with Crippen LogP contribution in [0.15, 0.2) is 24.3 Å². The molecule has 1 aromatic carbocycles. The molecule has 0 bridgehead atoms. The van der Waals surface area contributed by atoms with Crippen molar-refractivity contribution in [3.63, 3.8) is 0 Å². The van der Waals surface area contributed by atoms with Crippen molar-refractivity contribution >= 4 is 5.97 Å². The lowest BCUT2D eigenvalue weighted by atomic mass is 9.42. The van der Waals surface area contributed by atoms with Gasteiger partial charge in [-0.3, -0.25) is 4.79 Å². The molecule has 4 saturated carbocycles. The van der Waals surface area contributed by atoms with Crippen molar-refractivity contribution in [3.8, 4) is 5.75 Å². The topological polar surface area (TPSA) is 72.5 Å². The van der Waals surface area contributed by atoms with E-state index in [2.05, 4.69) is 38.1 Å². The average Bonchev–Trinajstić information content (AvgIpc) is 3.58. The van der Waals surface area contributed by atoms with Crippen LogP contribution < -0.4 is 4.74 Å². The maximum atomic E-state index is 11.4. The van der Waals surface area contributed by atoms with E-state index in [4.69, 9.17) is 28.4 Å². The number of hydrogen-bond donors (Lipinski definition) is 0. The Morgan fingerprint density at radius 2 is 1.71 bits per heavy atom. The van der Waals surface area contributed by atoms with Crippen molar-refractivity contribution in [2.24, 2.45) is 34.5 Å². The van der Waals surface area contributed by atoms with Crippen LogP contribution in [0.5, 0.6) is 5.75 Å². The Balaban J connectivity index is 1.26. The van der Waals surface area contributed by atoms with E-state index < -0.39 is 0 Å². The minimum absolute atomic E-state index is 0.192. The van der Waals surface area contributed by atoms with Crippen molar-refractivity contribution in [1.82, 2.24) is 0 Å². The third-order valence-electron chi connectivity index (χ3n) is 12.2. The van der Waals surface area contributed by atoms with Gasteiger partial charge in [0.1, 0.15) is 12.5 Å². The molecule has 5 aliphatic rings. The molecule has 8 atom stereocenters. The minimum atomic E-state index is -0.362. The van der Waals surface area contributed by atoms with Crippen LogP contribution in [-0.4, -0.2) is 58.7 Å². The molecule has 4 aliphatic carbocycles. The summed E-state index contributed by atoms with van der Waals surface area (Å²) in [5, 5.41) is 0. The first kappa shape index (κ1) is 29.4. The first-order valence-electron chi connectivity index (χ1n) is 16.0. The van der Waals surface area contributed by atoms with E-state index in [1.165, 1.54) is 44.8 Å². The first-order valence-corrected chi connectivity index (χ1v) is 16.0. The summed E-state index contributed by atoms with van der Waals surface area (Å²) in [6, 6.07) is 8.87. The van der Waals surface area contributed by atoms with Crippen LogP contribution in [0.2, 0.25) is 0 Å². The van der Waals surface area contributed by atoms with Crippen LogP contribution in [0.3, 0.4) is 0 Å². The molecule has 1 saturated heterocycles. The summed E-state index contributed by atoms with van der Waals surface area (Å²) < 4.78 is 34.9. The van der Waals surface area contributed by atoms with Gasteiger partial charge in [-0.25, -0.2) is 0 Å².